The van der Waals surface area contributed by atoms with Crippen LogP contribution < -0.4 is 15.4 Å². The summed E-state index contributed by atoms with van der Waals surface area (Å²) in [5.41, 5.74) is 2.51. The highest BCUT2D eigenvalue weighted by Crippen LogP contribution is 2.34. The molecular formula is C27H22ClN3O5S. The van der Waals surface area contributed by atoms with E-state index in [0.29, 0.717) is 27.7 Å². The van der Waals surface area contributed by atoms with Crippen LogP contribution in [0.15, 0.2) is 77.7 Å². The number of nitrogens with one attached hydrogen (secondary N) is 2. The van der Waals surface area contributed by atoms with E-state index in [4.69, 9.17) is 16.3 Å². The van der Waals surface area contributed by atoms with Gasteiger partial charge in [-0.05, 0) is 60.7 Å². The zero-order valence-corrected chi connectivity index (χ0v) is 21.3. The number of benzene rings is 3. The maximum atomic E-state index is 12.9. The van der Waals surface area contributed by atoms with Gasteiger partial charge in [0.15, 0.2) is 6.61 Å². The van der Waals surface area contributed by atoms with Crippen LogP contribution in [0.4, 0.5) is 16.2 Å². The summed E-state index contributed by atoms with van der Waals surface area (Å²) >= 11 is 6.83. The molecule has 3 aromatic carbocycles. The van der Waals surface area contributed by atoms with E-state index >= 15 is 0 Å². The predicted molar refractivity (Wildman–Crippen MR) is 145 cm³/mol. The Balaban J connectivity index is 1.40. The van der Waals surface area contributed by atoms with Crippen LogP contribution in [0.5, 0.6) is 5.75 Å². The van der Waals surface area contributed by atoms with Crippen molar-refractivity contribution in [3.05, 3.63) is 93.9 Å². The summed E-state index contributed by atoms with van der Waals surface area (Å²) in [6.07, 6.45) is 1.51. The van der Waals surface area contributed by atoms with Crippen molar-refractivity contribution in [3.63, 3.8) is 0 Å². The molecule has 0 bridgehead atoms. The van der Waals surface area contributed by atoms with Crippen molar-refractivity contribution >= 4 is 63.8 Å². The van der Waals surface area contributed by atoms with Crippen LogP contribution in [-0.4, -0.2) is 41.0 Å². The minimum Gasteiger partial charge on any atom is -0.483 e. The average molecular weight is 536 g/mol. The monoisotopic (exact) mass is 535 g/mol. The molecule has 0 radical (unpaired) electrons. The molecule has 1 saturated heterocycles. The van der Waals surface area contributed by atoms with E-state index in [0.717, 1.165) is 22.2 Å². The second-order valence-electron chi connectivity index (χ2n) is 8.02. The highest BCUT2D eigenvalue weighted by Gasteiger charge is 2.36. The SMILES string of the molecule is Cc1ccc(NC(=O)COc2ccccc2/C=C2\SC(=O)N(CC(=O)Nc3ccccc3)C2=O)cc1Cl. The third-order valence-electron chi connectivity index (χ3n) is 5.25. The third kappa shape index (κ3) is 6.78. The number of hydrogen-bond acceptors (Lipinski definition) is 6. The van der Waals surface area contributed by atoms with Gasteiger partial charge in [-0.25, -0.2) is 0 Å². The molecule has 0 atom stereocenters. The summed E-state index contributed by atoms with van der Waals surface area (Å²) in [5, 5.41) is 5.36. The van der Waals surface area contributed by atoms with Crippen LogP contribution in [0.1, 0.15) is 11.1 Å². The Hall–Kier alpha value is -4.08. The van der Waals surface area contributed by atoms with Gasteiger partial charge in [0.25, 0.3) is 17.1 Å². The van der Waals surface area contributed by atoms with E-state index in [1.807, 2.05) is 13.0 Å². The Kier molecular flexibility index (Phi) is 8.27. The molecule has 4 amide bonds. The van der Waals surface area contributed by atoms with Gasteiger partial charge in [0.1, 0.15) is 12.3 Å². The molecule has 1 heterocycles. The van der Waals surface area contributed by atoms with Crippen LogP contribution in [0.3, 0.4) is 0 Å². The fourth-order valence-corrected chi connectivity index (χ4v) is 4.40. The fraction of sp³-hybridized carbons (Fsp3) is 0.111. The first-order valence-corrected chi connectivity index (χ1v) is 12.4. The van der Waals surface area contributed by atoms with Crippen LogP contribution >= 0.6 is 23.4 Å². The first-order valence-electron chi connectivity index (χ1n) is 11.2. The number of amides is 4. The maximum Gasteiger partial charge on any atom is 0.294 e. The lowest BCUT2D eigenvalue weighted by Crippen LogP contribution is -2.36. The Labute approximate surface area is 222 Å². The maximum absolute atomic E-state index is 12.9. The van der Waals surface area contributed by atoms with Crippen LogP contribution in [0, 0.1) is 6.92 Å². The van der Waals surface area contributed by atoms with E-state index in [9.17, 15) is 19.2 Å². The number of carbonyl (C=O) groups is 4. The molecule has 188 valence electrons. The lowest BCUT2D eigenvalue weighted by molar-refractivity contribution is -0.127. The molecule has 0 saturated carbocycles. The number of thioether (sulfide) groups is 1. The van der Waals surface area contributed by atoms with Crippen molar-refractivity contribution in [3.8, 4) is 5.75 Å². The summed E-state index contributed by atoms with van der Waals surface area (Å²) in [6.45, 7) is 1.18. The molecule has 4 rings (SSSR count). The predicted octanol–water partition coefficient (Wildman–Crippen LogP) is 5.34. The van der Waals surface area contributed by atoms with E-state index in [-0.39, 0.29) is 17.4 Å². The van der Waals surface area contributed by atoms with Crippen molar-refractivity contribution in [1.82, 2.24) is 4.90 Å². The molecule has 1 aliphatic rings. The molecular weight excluding hydrogens is 514 g/mol. The summed E-state index contributed by atoms with van der Waals surface area (Å²) in [5.74, 6) is -1.10. The van der Waals surface area contributed by atoms with Crippen molar-refractivity contribution in [1.29, 1.82) is 0 Å². The number of aryl methyl sites for hydroxylation is 1. The number of carbonyl (C=O) groups excluding carboxylic acids is 4. The Morgan fingerprint density at radius 3 is 2.41 bits per heavy atom. The van der Waals surface area contributed by atoms with Gasteiger partial charge in [-0.3, -0.25) is 24.1 Å². The van der Waals surface area contributed by atoms with E-state index < -0.39 is 23.6 Å². The lowest BCUT2D eigenvalue weighted by Gasteiger charge is -2.12. The summed E-state index contributed by atoms with van der Waals surface area (Å²) in [7, 11) is 0. The quantitative estimate of drug-likeness (QED) is 0.377. The third-order valence-corrected chi connectivity index (χ3v) is 6.57. The molecule has 0 aliphatic carbocycles. The number of anilines is 2. The van der Waals surface area contributed by atoms with Crippen molar-refractivity contribution < 1.29 is 23.9 Å². The van der Waals surface area contributed by atoms with E-state index in [1.165, 1.54) is 6.08 Å². The van der Waals surface area contributed by atoms with Gasteiger partial charge >= 0.3 is 0 Å². The summed E-state index contributed by atoms with van der Waals surface area (Å²) < 4.78 is 5.68. The first-order chi connectivity index (χ1) is 17.8. The number of imide groups is 1. The largest absolute Gasteiger partial charge is 0.483 e. The second kappa shape index (κ2) is 11.8. The number of hydrogen-bond donors (Lipinski definition) is 2. The van der Waals surface area contributed by atoms with Gasteiger partial charge in [-0.1, -0.05) is 54.1 Å². The van der Waals surface area contributed by atoms with Gasteiger partial charge in [-0.15, -0.1) is 0 Å². The zero-order chi connectivity index (χ0) is 26.4. The Morgan fingerprint density at radius 1 is 0.946 bits per heavy atom. The van der Waals surface area contributed by atoms with Gasteiger partial charge in [0.2, 0.25) is 5.91 Å². The zero-order valence-electron chi connectivity index (χ0n) is 19.7. The summed E-state index contributed by atoms with van der Waals surface area (Å²) in [6, 6.07) is 20.8. The van der Waals surface area contributed by atoms with Gasteiger partial charge in [-0.2, -0.15) is 0 Å². The smallest absolute Gasteiger partial charge is 0.294 e. The Bertz CT molecular complexity index is 1390. The van der Waals surface area contributed by atoms with Crippen LogP contribution in [0.2, 0.25) is 5.02 Å². The number of halogens is 1. The molecule has 37 heavy (non-hydrogen) atoms. The van der Waals surface area contributed by atoms with Crippen molar-refractivity contribution in [2.75, 3.05) is 23.8 Å². The van der Waals surface area contributed by atoms with E-state index in [2.05, 4.69) is 10.6 Å². The molecule has 1 aliphatic heterocycles. The average Bonchev–Trinajstić information content (AvgIpc) is 3.13. The fourth-order valence-electron chi connectivity index (χ4n) is 3.39. The topological polar surface area (TPSA) is 105 Å². The number of rotatable bonds is 8. The van der Waals surface area contributed by atoms with Gasteiger partial charge in [0.05, 0.1) is 4.91 Å². The minimum absolute atomic E-state index is 0.146. The highest BCUT2D eigenvalue weighted by molar-refractivity contribution is 8.18. The number of ether oxygens (including phenoxy) is 1. The molecule has 3 aromatic rings. The highest BCUT2D eigenvalue weighted by atomic mass is 35.5. The molecule has 2 N–H and O–H groups in total. The molecule has 0 aromatic heterocycles. The normalized spacial score (nSPS) is 14.1. The second-order valence-corrected chi connectivity index (χ2v) is 9.42. The first kappa shape index (κ1) is 26.0. The molecule has 0 spiro atoms. The molecule has 10 heteroatoms. The van der Waals surface area contributed by atoms with Gasteiger partial charge in [0, 0.05) is 22.0 Å². The number of nitrogens with zero attached hydrogens (tertiary/aromatic N) is 1. The molecule has 1 fully saturated rings. The van der Waals surface area contributed by atoms with Crippen LogP contribution in [-0.2, 0) is 14.4 Å². The van der Waals surface area contributed by atoms with Crippen molar-refractivity contribution in [2.45, 2.75) is 6.92 Å². The van der Waals surface area contributed by atoms with Crippen molar-refractivity contribution in [2.24, 2.45) is 0 Å². The molecule has 0 unspecified atom stereocenters. The van der Waals surface area contributed by atoms with Gasteiger partial charge < -0.3 is 15.4 Å². The lowest BCUT2D eigenvalue weighted by atomic mass is 10.2. The Morgan fingerprint density at radius 2 is 1.65 bits per heavy atom. The standard InChI is InChI=1S/C27H22ClN3O5S/c1-17-11-12-20(14-21(17)28)30-25(33)16-36-22-10-6-5-7-18(22)13-23-26(34)31(27(35)37-23)15-24(32)29-19-8-3-2-4-9-19/h2-14H,15-16H2,1H3,(H,29,32)(H,30,33)/b23-13-. The summed E-state index contributed by atoms with van der Waals surface area (Å²) in [4.78, 5) is 51.0. The number of para-hydroxylation sites is 2. The minimum atomic E-state index is -0.581. The molecule has 8 nitrogen and oxygen atoms in total. The van der Waals surface area contributed by atoms with E-state index in [1.54, 1.807) is 66.7 Å². The van der Waals surface area contributed by atoms with Crippen LogP contribution in [0.25, 0.3) is 6.08 Å².